The normalized spacial score (nSPS) is 11.9. The zero-order chi connectivity index (χ0) is 21.4. The molecule has 2 aromatic rings. The first-order chi connectivity index (χ1) is 13.8. The first kappa shape index (κ1) is 22.1. The molecule has 0 radical (unpaired) electrons. The highest BCUT2D eigenvalue weighted by Crippen LogP contribution is 2.23. The number of ether oxygens (including phenoxy) is 1. The quantitative estimate of drug-likeness (QED) is 0.666. The van der Waals surface area contributed by atoms with Gasteiger partial charge in [0.15, 0.2) is 9.84 Å². The lowest BCUT2D eigenvalue weighted by atomic mass is 10.1. The number of benzene rings is 2. The minimum absolute atomic E-state index is 0.177. The average Bonchev–Trinajstić information content (AvgIpc) is 2.72. The largest absolute Gasteiger partial charge is 0.444 e. The fourth-order valence-electron chi connectivity index (χ4n) is 2.52. The molecule has 1 atom stereocenters. The lowest BCUT2D eigenvalue weighted by molar-refractivity contribution is -0.129. The van der Waals surface area contributed by atoms with E-state index in [2.05, 4.69) is 10.6 Å². The Hall–Kier alpha value is -3.20. The number of imide groups is 1. The minimum Gasteiger partial charge on any atom is -0.444 e. The van der Waals surface area contributed by atoms with E-state index in [1.54, 1.807) is 37.3 Å². The maximum Gasteiger partial charge on any atom is 0.340 e. The first-order valence-corrected chi connectivity index (χ1v) is 10.6. The van der Waals surface area contributed by atoms with Crippen molar-refractivity contribution in [1.29, 1.82) is 0 Å². The lowest BCUT2D eigenvalue weighted by Crippen LogP contribution is -2.42. The van der Waals surface area contributed by atoms with Crippen LogP contribution in [0.2, 0.25) is 0 Å². The molecule has 2 aromatic carbocycles. The summed E-state index contributed by atoms with van der Waals surface area (Å²) >= 11 is 0. The summed E-state index contributed by atoms with van der Waals surface area (Å²) in [5.41, 5.74) is 0.152. The van der Waals surface area contributed by atoms with Crippen LogP contribution >= 0.6 is 0 Å². The topological polar surface area (TPSA) is 119 Å². The van der Waals surface area contributed by atoms with Crippen LogP contribution in [0, 0.1) is 0 Å². The van der Waals surface area contributed by atoms with E-state index in [1.165, 1.54) is 31.2 Å². The fraction of sp³-hybridized carbons (Fsp3) is 0.250. The summed E-state index contributed by atoms with van der Waals surface area (Å²) in [7, 11) is -3.69. The maximum atomic E-state index is 12.8. The van der Waals surface area contributed by atoms with E-state index in [-0.39, 0.29) is 16.2 Å². The monoisotopic (exact) mass is 418 g/mol. The summed E-state index contributed by atoms with van der Waals surface area (Å²) < 4.78 is 29.9. The molecule has 0 fully saturated rings. The van der Waals surface area contributed by atoms with Crippen LogP contribution in [-0.4, -0.2) is 38.6 Å². The molecule has 0 heterocycles. The van der Waals surface area contributed by atoms with Gasteiger partial charge in [-0.15, -0.1) is 0 Å². The predicted molar refractivity (Wildman–Crippen MR) is 106 cm³/mol. The van der Waals surface area contributed by atoms with Crippen LogP contribution in [0.25, 0.3) is 0 Å². The second-order valence-electron chi connectivity index (χ2n) is 5.94. The molecule has 0 saturated heterocycles. The standard InChI is InChI=1S/C20H22N2O6S/c1-3-21-20(25)22-18(23)17(14-10-6-5-7-11-14)28-19(24)15-12-8-9-13-16(15)29(26,27)4-2/h5-13,17H,3-4H2,1-2H3,(H2,21,22,23,25)/t17-/m0/s1. The number of urea groups is 1. The highest BCUT2D eigenvalue weighted by atomic mass is 32.2. The molecule has 0 saturated carbocycles. The first-order valence-electron chi connectivity index (χ1n) is 8.96. The van der Waals surface area contributed by atoms with E-state index in [9.17, 15) is 22.8 Å². The Kier molecular flexibility index (Phi) is 7.49. The van der Waals surface area contributed by atoms with Crippen LogP contribution in [0.5, 0.6) is 0 Å². The summed E-state index contributed by atoms with van der Waals surface area (Å²) in [5.74, 6) is -2.04. The zero-order valence-corrected chi connectivity index (χ0v) is 16.9. The predicted octanol–water partition coefficient (Wildman–Crippen LogP) is 2.22. The smallest absolute Gasteiger partial charge is 0.340 e. The molecule has 0 unspecified atom stereocenters. The molecule has 0 aromatic heterocycles. The number of nitrogens with one attached hydrogen (secondary N) is 2. The van der Waals surface area contributed by atoms with Crippen LogP contribution < -0.4 is 10.6 Å². The van der Waals surface area contributed by atoms with E-state index >= 15 is 0 Å². The number of hydrogen-bond donors (Lipinski definition) is 2. The number of hydrogen-bond acceptors (Lipinski definition) is 6. The fourth-order valence-corrected chi connectivity index (χ4v) is 3.60. The van der Waals surface area contributed by atoms with Gasteiger partial charge in [-0.25, -0.2) is 18.0 Å². The molecule has 0 aliphatic rings. The highest BCUT2D eigenvalue weighted by Gasteiger charge is 2.29. The summed E-state index contributed by atoms with van der Waals surface area (Å²) in [5, 5.41) is 4.52. The molecule has 2 rings (SSSR count). The van der Waals surface area contributed by atoms with Gasteiger partial charge in [-0.3, -0.25) is 10.1 Å². The van der Waals surface area contributed by atoms with E-state index in [0.717, 1.165) is 0 Å². The van der Waals surface area contributed by atoms with Crippen molar-refractivity contribution in [3.63, 3.8) is 0 Å². The average molecular weight is 418 g/mol. The highest BCUT2D eigenvalue weighted by molar-refractivity contribution is 7.91. The summed E-state index contributed by atoms with van der Waals surface area (Å²) in [6, 6.07) is 13.0. The molecule has 0 bridgehead atoms. The van der Waals surface area contributed by atoms with Crippen LogP contribution in [0.3, 0.4) is 0 Å². The number of sulfone groups is 1. The van der Waals surface area contributed by atoms with Crippen LogP contribution in [0.1, 0.15) is 35.9 Å². The number of amides is 3. The second-order valence-corrected chi connectivity index (χ2v) is 8.19. The van der Waals surface area contributed by atoms with Crippen LogP contribution in [-0.2, 0) is 19.4 Å². The van der Waals surface area contributed by atoms with Crippen molar-refractivity contribution in [3.8, 4) is 0 Å². The van der Waals surface area contributed by atoms with Crippen molar-refractivity contribution >= 4 is 27.7 Å². The van der Waals surface area contributed by atoms with Gasteiger partial charge < -0.3 is 10.1 Å². The van der Waals surface area contributed by atoms with Crippen LogP contribution in [0.4, 0.5) is 4.79 Å². The van der Waals surface area contributed by atoms with E-state index in [0.29, 0.717) is 12.1 Å². The molecule has 0 aliphatic carbocycles. The van der Waals surface area contributed by atoms with Crippen molar-refractivity contribution in [2.75, 3.05) is 12.3 Å². The number of carbonyl (C=O) groups is 3. The Labute approximate surface area is 169 Å². The van der Waals surface area contributed by atoms with Gasteiger partial charge >= 0.3 is 12.0 Å². The Bertz CT molecular complexity index is 989. The van der Waals surface area contributed by atoms with Crippen LogP contribution in [0.15, 0.2) is 59.5 Å². The molecule has 0 spiro atoms. The Morgan fingerprint density at radius 3 is 2.21 bits per heavy atom. The Balaban J connectivity index is 2.36. The van der Waals surface area contributed by atoms with Gasteiger partial charge in [0.1, 0.15) is 0 Å². The van der Waals surface area contributed by atoms with Gasteiger partial charge in [0.2, 0.25) is 6.10 Å². The van der Waals surface area contributed by atoms with Gasteiger partial charge in [-0.2, -0.15) is 0 Å². The maximum absolute atomic E-state index is 12.8. The lowest BCUT2D eigenvalue weighted by Gasteiger charge is -2.18. The molecule has 2 N–H and O–H groups in total. The zero-order valence-electron chi connectivity index (χ0n) is 16.0. The van der Waals surface area contributed by atoms with E-state index in [4.69, 9.17) is 4.74 Å². The molecule has 154 valence electrons. The number of esters is 1. The van der Waals surface area contributed by atoms with Crippen molar-refractivity contribution in [2.24, 2.45) is 0 Å². The van der Waals surface area contributed by atoms with E-state index < -0.39 is 33.8 Å². The van der Waals surface area contributed by atoms with Crippen molar-refractivity contribution < 1.29 is 27.5 Å². The van der Waals surface area contributed by atoms with Gasteiger partial charge in [-0.05, 0) is 19.1 Å². The Morgan fingerprint density at radius 1 is 0.966 bits per heavy atom. The minimum atomic E-state index is -3.69. The third-order valence-electron chi connectivity index (χ3n) is 3.96. The molecular formula is C20H22N2O6S. The summed E-state index contributed by atoms with van der Waals surface area (Å²) in [6.07, 6.45) is -1.44. The van der Waals surface area contributed by atoms with Gasteiger partial charge in [0.25, 0.3) is 5.91 Å². The SMILES string of the molecule is CCNC(=O)NC(=O)[C@@H](OC(=O)c1ccccc1S(=O)(=O)CC)c1ccccc1. The van der Waals surface area contributed by atoms with Gasteiger partial charge in [-0.1, -0.05) is 49.4 Å². The third kappa shape index (κ3) is 5.64. The summed E-state index contributed by atoms with van der Waals surface area (Å²) in [6.45, 7) is 3.45. The van der Waals surface area contributed by atoms with Crippen molar-refractivity contribution in [2.45, 2.75) is 24.8 Å². The molecule has 3 amide bonds. The third-order valence-corrected chi connectivity index (χ3v) is 5.75. The van der Waals surface area contributed by atoms with Gasteiger partial charge in [0, 0.05) is 12.1 Å². The molecular weight excluding hydrogens is 396 g/mol. The molecule has 29 heavy (non-hydrogen) atoms. The van der Waals surface area contributed by atoms with Crippen molar-refractivity contribution in [1.82, 2.24) is 10.6 Å². The molecule has 9 heteroatoms. The Morgan fingerprint density at radius 2 is 1.59 bits per heavy atom. The molecule has 0 aliphatic heterocycles. The van der Waals surface area contributed by atoms with E-state index in [1.807, 2.05) is 0 Å². The number of rotatable bonds is 7. The van der Waals surface area contributed by atoms with Gasteiger partial charge in [0.05, 0.1) is 16.2 Å². The molecule has 8 nitrogen and oxygen atoms in total. The number of carbonyl (C=O) groups excluding carboxylic acids is 3. The van der Waals surface area contributed by atoms with Crippen molar-refractivity contribution in [3.05, 3.63) is 65.7 Å². The summed E-state index contributed by atoms with van der Waals surface area (Å²) in [4.78, 5) is 36.9. The second kappa shape index (κ2) is 9.83.